The van der Waals surface area contributed by atoms with Crippen LogP contribution in [-0.2, 0) is 11.2 Å². The molecule has 2 nitrogen and oxygen atoms in total. The first-order valence-corrected chi connectivity index (χ1v) is 6.77. The number of ketones is 1. The van der Waals surface area contributed by atoms with Gasteiger partial charge in [-0.15, -0.1) is 0 Å². The van der Waals surface area contributed by atoms with Crippen LogP contribution in [0.2, 0.25) is 0 Å². The molecule has 0 aliphatic carbocycles. The summed E-state index contributed by atoms with van der Waals surface area (Å²) in [6.07, 6.45) is 2.19. The molecule has 0 aliphatic rings. The van der Waals surface area contributed by atoms with E-state index in [0.717, 1.165) is 5.56 Å². The summed E-state index contributed by atoms with van der Waals surface area (Å²) in [4.78, 5) is 22.4. The van der Waals surface area contributed by atoms with Gasteiger partial charge in [-0.25, -0.2) is 0 Å². The Hall–Kier alpha value is -0.610. The summed E-state index contributed by atoms with van der Waals surface area (Å²) < 4.78 is 0. The van der Waals surface area contributed by atoms with Gasteiger partial charge in [0.05, 0.1) is 5.33 Å². The molecular weight excluding hydrogens is 276 g/mol. The number of carbonyl (C=O) groups excluding carboxylic acids is 2. The van der Waals surface area contributed by atoms with E-state index < -0.39 is 0 Å². The highest BCUT2D eigenvalue weighted by Gasteiger charge is 2.05. The Balaban J connectivity index is 2.72. The molecule has 0 atom stereocenters. The lowest BCUT2D eigenvalue weighted by Crippen LogP contribution is -2.01. The van der Waals surface area contributed by atoms with Crippen molar-refractivity contribution in [3.63, 3.8) is 0 Å². The zero-order valence-corrected chi connectivity index (χ0v) is 10.7. The fourth-order valence-corrected chi connectivity index (χ4v) is 1.76. The van der Waals surface area contributed by atoms with Gasteiger partial charge in [0.2, 0.25) is 0 Å². The molecule has 1 aromatic carbocycles. The molecule has 80 valence electrons. The van der Waals surface area contributed by atoms with Crippen LogP contribution in [0.4, 0.5) is 0 Å². The summed E-state index contributed by atoms with van der Waals surface area (Å²) in [6.45, 7) is 0. The van der Waals surface area contributed by atoms with Gasteiger partial charge in [-0.1, -0.05) is 52.0 Å². The van der Waals surface area contributed by atoms with Crippen LogP contribution >= 0.6 is 27.7 Å². The molecule has 0 aliphatic heterocycles. The third kappa shape index (κ3) is 3.80. The van der Waals surface area contributed by atoms with E-state index in [4.69, 9.17) is 0 Å². The second-order valence-electron chi connectivity index (χ2n) is 3.01. The third-order valence-electron chi connectivity index (χ3n) is 1.97. The number of rotatable bonds is 4. The van der Waals surface area contributed by atoms with Gasteiger partial charge in [-0.3, -0.25) is 9.59 Å². The molecule has 0 N–H and O–H groups in total. The Morgan fingerprint density at radius 3 is 2.33 bits per heavy atom. The normalized spacial score (nSPS) is 10.0. The van der Waals surface area contributed by atoms with Crippen LogP contribution in [0.1, 0.15) is 15.9 Å². The topological polar surface area (TPSA) is 34.1 Å². The second-order valence-corrected chi connectivity index (χ2v) is 4.43. The lowest BCUT2D eigenvalue weighted by Gasteiger charge is -2.00. The average Bonchev–Trinajstić information content (AvgIpc) is 2.29. The van der Waals surface area contributed by atoms with Crippen molar-refractivity contribution in [1.82, 2.24) is 0 Å². The molecule has 0 bridgehead atoms. The minimum absolute atomic E-state index is 0.0535. The maximum atomic E-state index is 11.3. The molecular formula is C11H11BrO2S. The summed E-state index contributed by atoms with van der Waals surface area (Å²) in [5.74, 6) is 0.0535. The number of alkyl halides is 1. The van der Waals surface area contributed by atoms with E-state index in [1.807, 2.05) is 12.1 Å². The fourth-order valence-electron chi connectivity index (χ4n) is 1.12. The molecule has 15 heavy (non-hydrogen) atoms. The molecule has 0 heterocycles. The van der Waals surface area contributed by atoms with Crippen LogP contribution < -0.4 is 0 Å². The molecule has 1 rings (SSSR count). The number of hydrogen-bond donors (Lipinski definition) is 0. The predicted molar refractivity (Wildman–Crippen MR) is 66.8 cm³/mol. The van der Waals surface area contributed by atoms with Crippen molar-refractivity contribution in [2.75, 3.05) is 11.6 Å². The second kappa shape index (κ2) is 6.08. The number of carbonyl (C=O) groups is 2. The molecule has 0 unspecified atom stereocenters. The van der Waals surface area contributed by atoms with E-state index >= 15 is 0 Å². The molecule has 0 saturated carbocycles. The van der Waals surface area contributed by atoms with E-state index in [-0.39, 0.29) is 10.9 Å². The quantitative estimate of drug-likeness (QED) is 0.630. The van der Waals surface area contributed by atoms with E-state index in [2.05, 4.69) is 15.9 Å². The predicted octanol–water partition coefficient (Wildman–Crippen LogP) is 2.70. The first-order chi connectivity index (χ1) is 7.17. The molecule has 0 fully saturated rings. The molecule has 0 aromatic heterocycles. The van der Waals surface area contributed by atoms with E-state index in [1.54, 1.807) is 18.4 Å². The average molecular weight is 287 g/mol. The number of thioether (sulfide) groups is 1. The fraction of sp³-hybridized carbons (Fsp3) is 0.273. The third-order valence-corrected chi connectivity index (χ3v) is 3.08. The maximum Gasteiger partial charge on any atom is 0.193 e. The minimum Gasteiger partial charge on any atom is -0.293 e. The maximum absolute atomic E-state index is 11.3. The van der Waals surface area contributed by atoms with Gasteiger partial charge in [0.15, 0.2) is 10.9 Å². The Labute approximate surface area is 102 Å². The van der Waals surface area contributed by atoms with Crippen molar-refractivity contribution in [3.05, 3.63) is 35.4 Å². The highest BCUT2D eigenvalue weighted by Crippen LogP contribution is 2.09. The summed E-state index contributed by atoms with van der Waals surface area (Å²) >= 11 is 4.34. The van der Waals surface area contributed by atoms with Crippen molar-refractivity contribution in [2.24, 2.45) is 0 Å². The lowest BCUT2D eigenvalue weighted by molar-refractivity contribution is -0.110. The van der Waals surface area contributed by atoms with Gasteiger partial charge in [-0.05, 0) is 11.8 Å². The number of benzene rings is 1. The van der Waals surface area contributed by atoms with E-state index in [1.165, 1.54) is 11.8 Å². The summed E-state index contributed by atoms with van der Waals surface area (Å²) in [5.41, 5.74) is 1.62. The first-order valence-electron chi connectivity index (χ1n) is 4.42. The standard InChI is InChI=1S/C11H11BrO2S/c1-15-11(14)6-8-2-4-9(5-3-8)10(13)7-12/h2-5H,6-7H2,1H3. The molecule has 0 saturated heterocycles. The van der Waals surface area contributed by atoms with E-state index in [0.29, 0.717) is 17.3 Å². The van der Waals surface area contributed by atoms with Gasteiger partial charge >= 0.3 is 0 Å². The van der Waals surface area contributed by atoms with Crippen molar-refractivity contribution in [1.29, 1.82) is 0 Å². The highest BCUT2D eigenvalue weighted by atomic mass is 79.9. The molecule has 0 radical (unpaired) electrons. The molecule has 4 heteroatoms. The zero-order chi connectivity index (χ0) is 11.3. The lowest BCUT2D eigenvalue weighted by atomic mass is 10.1. The number of Topliss-reactive ketones (excluding diaryl/α,β-unsaturated/α-hetero) is 1. The van der Waals surface area contributed by atoms with Crippen LogP contribution in [0, 0.1) is 0 Å². The summed E-state index contributed by atoms with van der Waals surface area (Å²) in [7, 11) is 0. The molecule has 0 spiro atoms. The van der Waals surface area contributed by atoms with Crippen LogP contribution in [0.3, 0.4) is 0 Å². The minimum atomic E-state index is 0.0535. The van der Waals surface area contributed by atoms with Crippen molar-refractivity contribution >= 4 is 38.6 Å². The number of halogens is 1. The summed E-state index contributed by atoms with van der Waals surface area (Å²) in [5, 5.41) is 0.463. The van der Waals surface area contributed by atoms with E-state index in [9.17, 15) is 9.59 Å². The Morgan fingerprint density at radius 1 is 1.27 bits per heavy atom. The largest absolute Gasteiger partial charge is 0.293 e. The Kier molecular flexibility index (Phi) is 5.05. The van der Waals surface area contributed by atoms with Crippen molar-refractivity contribution < 1.29 is 9.59 Å². The SMILES string of the molecule is CSC(=O)Cc1ccc(C(=O)CBr)cc1. The van der Waals surface area contributed by atoms with Crippen LogP contribution in [-0.4, -0.2) is 22.5 Å². The smallest absolute Gasteiger partial charge is 0.193 e. The zero-order valence-electron chi connectivity index (χ0n) is 8.33. The van der Waals surface area contributed by atoms with Crippen LogP contribution in [0.15, 0.2) is 24.3 Å². The van der Waals surface area contributed by atoms with Crippen LogP contribution in [0.5, 0.6) is 0 Å². The van der Waals surface area contributed by atoms with Gasteiger partial charge in [-0.2, -0.15) is 0 Å². The number of hydrogen-bond acceptors (Lipinski definition) is 3. The van der Waals surface area contributed by atoms with Crippen molar-refractivity contribution in [2.45, 2.75) is 6.42 Å². The Bertz CT molecular complexity index is 359. The van der Waals surface area contributed by atoms with Gasteiger partial charge in [0, 0.05) is 12.0 Å². The molecule has 0 amide bonds. The Morgan fingerprint density at radius 2 is 1.87 bits per heavy atom. The molecule has 1 aromatic rings. The van der Waals surface area contributed by atoms with Gasteiger partial charge in [0.25, 0.3) is 0 Å². The highest BCUT2D eigenvalue weighted by molar-refractivity contribution is 9.09. The van der Waals surface area contributed by atoms with Gasteiger partial charge < -0.3 is 0 Å². The van der Waals surface area contributed by atoms with Gasteiger partial charge in [0.1, 0.15) is 0 Å². The first kappa shape index (κ1) is 12.5. The monoisotopic (exact) mass is 286 g/mol. The van der Waals surface area contributed by atoms with Crippen LogP contribution in [0.25, 0.3) is 0 Å². The summed E-state index contributed by atoms with van der Waals surface area (Å²) in [6, 6.07) is 7.16. The van der Waals surface area contributed by atoms with Crippen molar-refractivity contribution in [3.8, 4) is 0 Å².